The molecule has 230 valence electrons. The number of rotatable bonds is 5. The molecule has 0 spiro atoms. The number of benzene rings is 7. The van der Waals surface area contributed by atoms with Crippen molar-refractivity contribution in [1.29, 1.82) is 0 Å². The first-order valence-corrected chi connectivity index (χ1v) is 20.2. The molecule has 0 unspecified atom stereocenters. The first kappa shape index (κ1) is 28.7. The number of para-hydroxylation sites is 4. The average molecular weight is 635 g/mol. The van der Waals surface area contributed by atoms with Crippen molar-refractivity contribution >= 4 is 81.3 Å². The van der Waals surface area contributed by atoms with Crippen LogP contribution in [0.2, 0.25) is 19.6 Å². The Labute approximate surface area is 283 Å². The van der Waals surface area contributed by atoms with Crippen molar-refractivity contribution in [3.63, 3.8) is 0 Å². The largest absolute Gasteiger partial charge is 0.458 e. The summed E-state index contributed by atoms with van der Waals surface area (Å²) in [5.41, 5.74) is 10.7. The van der Waals surface area contributed by atoms with Crippen LogP contribution in [0, 0.1) is 0 Å². The van der Waals surface area contributed by atoms with E-state index in [9.17, 15) is 0 Å². The van der Waals surface area contributed by atoms with Crippen LogP contribution in [0.5, 0.6) is 11.5 Å². The molecule has 0 bridgehead atoms. The van der Waals surface area contributed by atoms with Crippen molar-refractivity contribution in [2.24, 2.45) is 0 Å². The van der Waals surface area contributed by atoms with Crippen molar-refractivity contribution < 1.29 is 4.74 Å². The molecule has 0 aliphatic carbocycles. The van der Waals surface area contributed by atoms with Gasteiger partial charge in [0.1, 0.15) is 11.5 Å². The molecule has 0 fully saturated rings. The summed E-state index contributed by atoms with van der Waals surface area (Å²) in [5, 5.41) is 3.84. The van der Waals surface area contributed by atoms with Gasteiger partial charge in [-0.05, 0) is 82.4 Å². The lowest BCUT2D eigenvalue weighted by Crippen LogP contribution is -2.60. The molecule has 2 heterocycles. The molecule has 7 aromatic carbocycles. The normalized spacial score (nSPS) is 13.0. The van der Waals surface area contributed by atoms with Crippen LogP contribution in [-0.4, -0.2) is 14.8 Å². The summed E-state index contributed by atoms with van der Waals surface area (Å²) >= 11 is 0. The second-order valence-corrected chi connectivity index (χ2v) is 18.9. The van der Waals surface area contributed by atoms with Crippen LogP contribution < -0.4 is 36.1 Å². The third-order valence-corrected chi connectivity index (χ3v) is 11.8. The first-order valence-electron chi connectivity index (χ1n) is 16.7. The van der Waals surface area contributed by atoms with Gasteiger partial charge in [0, 0.05) is 33.8 Å². The molecule has 0 saturated heterocycles. The second-order valence-electron chi connectivity index (χ2n) is 13.8. The van der Waals surface area contributed by atoms with E-state index in [1.165, 1.54) is 43.7 Å². The molecule has 0 atom stereocenters. The van der Waals surface area contributed by atoms with E-state index in [1.54, 1.807) is 0 Å². The van der Waals surface area contributed by atoms with Gasteiger partial charge in [-0.2, -0.15) is 0 Å². The van der Waals surface area contributed by atoms with Gasteiger partial charge in [0.05, 0.1) is 13.8 Å². The lowest BCUT2D eigenvalue weighted by atomic mass is 9.33. The summed E-state index contributed by atoms with van der Waals surface area (Å²) in [5.74, 6) is 1.92. The molecule has 0 aromatic heterocycles. The van der Waals surface area contributed by atoms with E-state index >= 15 is 0 Å². The van der Waals surface area contributed by atoms with Crippen molar-refractivity contribution in [2.75, 3.05) is 9.80 Å². The minimum absolute atomic E-state index is 0.0199. The SMILES string of the molecule is C[Si](C)(C)c1cc2c3c(c1)N(c1ccccc1)c1cc(N(c4ccccc4)c4ccccc4)c4ccccc4c1B3c1ccccc1O2. The highest BCUT2D eigenvalue weighted by Gasteiger charge is 2.44. The molecular formula is C43H35BN2OSi. The predicted octanol–water partition coefficient (Wildman–Crippen LogP) is 9.26. The summed E-state index contributed by atoms with van der Waals surface area (Å²) in [6.45, 7) is 7.28. The fourth-order valence-electron chi connectivity index (χ4n) is 7.59. The number of anilines is 6. The van der Waals surface area contributed by atoms with Gasteiger partial charge in [0.15, 0.2) is 0 Å². The van der Waals surface area contributed by atoms with Crippen LogP contribution >= 0.6 is 0 Å². The van der Waals surface area contributed by atoms with Crippen LogP contribution in [0.25, 0.3) is 10.8 Å². The molecule has 7 aromatic rings. The molecule has 3 nitrogen and oxygen atoms in total. The number of hydrogen-bond donors (Lipinski definition) is 0. The van der Waals surface area contributed by atoms with Gasteiger partial charge in [-0.25, -0.2) is 0 Å². The fraction of sp³-hybridized carbons (Fsp3) is 0.0698. The molecule has 0 radical (unpaired) electrons. The van der Waals surface area contributed by atoms with E-state index in [0.29, 0.717) is 0 Å². The minimum atomic E-state index is -1.73. The number of hydrogen-bond acceptors (Lipinski definition) is 3. The van der Waals surface area contributed by atoms with E-state index in [4.69, 9.17) is 4.74 Å². The molecule has 0 N–H and O–H groups in total. The number of nitrogens with zero attached hydrogens (tertiary/aromatic N) is 2. The summed E-state index contributed by atoms with van der Waals surface area (Å²) in [4.78, 5) is 4.90. The van der Waals surface area contributed by atoms with Crippen LogP contribution in [0.4, 0.5) is 34.1 Å². The Balaban J connectivity index is 1.44. The lowest BCUT2D eigenvalue weighted by molar-refractivity contribution is 0.488. The zero-order valence-electron chi connectivity index (χ0n) is 27.4. The molecule has 2 aliphatic heterocycles. The highest BCUT2D eigenvalue weighted by atomic mass is 28.3. The standard InChI is InChI=1S/C43H35BN2OSi/c1-48(2,3)33-27-38-43-41(28-33)47-40-26-16-15-25-36(40)44(43)42-35-24-14-13-23-34(35)37(29-39(42)46(38)32-21-11-6-12-22-32)45(30-17-7-4-8-18-30)31-19-9-5-10-20-31/h4-29H,1-3H3. The smallest absolute Gasteiger partial charge is 0.257 e. The number of fused-ring (bicyclic) bond motifs is 6. The van der Waals surface area contributed by atoms with Crippen molar-refractivity contribution in [3.8, 4) is 11.5 Å². The second kappa shape index (κ2) is 11.0. The maximum atomic E-state index is 6.84. The Bertz CT molecular complexity index is 2280. The molecule has 2 aliphatic rings. The van der Waals surface area contributed by atoms with Crippen LogP contribution in [0.15, 0.2) is 158 Å². The van der Waals surface area contributed by atoms with Crippen LogP contribution in [0.1, 0.15) is 0 Å². The zero-order chi connectivity index (χ0) is 32.4. The highest BCUT2D eigenvalue weighted by molar-refractivity contribution is 7.01. The van der Waals surface area contributed by atoms with Crippen LogP contribution in [0.3, 0.4) is 0 Å². The van der Waals surface area contributed by atoms with Gasteiger partial charge in [-0.3, -0.25) is 0 Å². The average Bonchev–Trinajstić information content (AvgIpc) is 3.12. The topological polar surface area (TPSA) is 15.7 Å². The summed E-state index contributed by atoms with van der Waals surface area (Å²) in [6, 6.07) is 57.1. The molecule has 48 heavy (non-hydrogen) atoms. The van der Waals surface area contributed by atoms with E-state index in [0.717, 1.165) is 34.2 Å². The lowest BCUT2D eigenvalue weighted by Gasteiger charge is -2.42. The van der Waals surface area contributed by atoms with Gasteiger partial charge >= 0.3 is 0 Å². The Kier molecular flexibility index (Phi) is 6.60. The molecule has 5 heteroatoms. The van der Waals surface area contributed by atoms with E-state index in [1.807, 2.05) is 0 Å². The molecular weight excluding hydrogens is 599 g/mol. The summed E-state index contributed by atoms with van der Waals surface area (Å²) in [7, 11) is -1.73. The number of ether oxygens (including phenoxy) is 1. The Morgan fingerprint density at radius 2 is 1.10 bits per heavy atom. The van der Waals surface area contributed by atoms with Crippen LogP contribution in [-0.2, 0) is 0 Å². The van der Waals surface area contributed by atoms with Crippen molar-refractivity contribution in [1.82, 2.24) is 0 Å². The Morgan fingerprint density at radius 1 is 0.542 bits per heavy atom. The third-order valence-electron chi connectivity index (χ3n) is 9.82. The van der Waals surface area contributed by atoms with Gasteiger partial charge in [0.2, 0.25) is 0 Å². The predicted molar refractivity (Wildman–Crippen MR) is 207 cm³/mol. The molecule has 9 rings (SSSR count). The van der Waals surface area contributed by atoms with Gasteiger partial charge in [-0.1, -0.05) is 122 Å². The Morgan fingerprint density at radius 3 is 1.77 bits per heavy atom. The molecule has 0 saturated carbocycles. The van der Waals surface area contributed by atoms with Gasteiger partial charge in [-0.15, -0.1) is 0 Å². The van der Waals surface area contributed by atoms with E-state index < -0.39 is 8.07 Å². The maximum Gasteiger partial charge on any atom is 0.257 e. The first-order chi connectivity index (χ1) is 23.5. The highest BCUT2D eigenvalue weighted by Crippen LogP contribution is 2.46. The minimum Gasteiger partial charge on any atom is -0.458 e. The zero-order valence-corrected chi connectivity index (χ0v) is 28.4. The summed E-state index contributed by atoms with van der Waals surface area (Å²) < 4.78 is 6.84. The third kappa shape index (κ3) is 4.50. The quantitative estimate of drug-likeness (QED) is 0.176. The van der Waals surface area contributed by atoms with Gasteiger partial charge < -0.3 is 14.5 Å². The fourth-order valence-corrected chi connectivity index (χ4v) is 8.73. The van der Waals surface area contributed by atoms with E-state index in [-0.39, 0.29) is 6.71 Å². The molecule has 0 amide bonds. The summed E-state index contributed by atoms with van der Waals surface area (Å²) in [6.07, 6.45) is 0. The maximum absolute atomic E-state index is 6.84. The monoisotopic (exact) mass is 634 g/mol. The van der Waals surface area contributed by atoms with E-state index in [2.05, 4.69) is 187 Å². The van der Waals surface area contributed by atoms with Gasteiger partial charge in [0.25, 0.3) is 6.71 Å². The van der Waals surface area contributed by atoms with Crippen molar-refractivity contribution in [3.05, 3.63) is 158 Å². The Hall–Kier alpha value is -5.52. The van der Waals surface area contributed by atoms with Crippen molar-refractivity contribution in [2.45, 2.75) is 19.6 Å².